The summed E-state index contributed by atoms with van der Waals surface area (Å²) in [5, 5.41) is 3.51. The molecule has 1 rings (SSSR count). The molecule has 94 valence electrons. The monoisotopic (exact) mass is 259 g/mol. The van der Waals surface area contributed by atoms with Crippen molar-refractivity contribution in [2.45, 2.75) is 24.2 Å². The van der Waals surface area contributed by atoms with Gasteiger partial charge >= 0.3 is 0 Å². The van der Waals surface area contributed by atoms with Crippen LogP contribution in [-0.4, -0.2) is 6.54 Å². The van der Waals surface area contributed by atoms with Crippen molar-refractivity contribution in [1.29, 1.82) is 0 Å². The number of hydrogen-bond acceptors (Lipinski definition) is 2. The van der Waals surface area contributed by atoms with Crippen LogP contribution in [0.1, 0.15) is 19.3 Å². The minimum absolute atomic E-state index is 0.583. The molecule has 0 radical (unpaired) electrons. The van der Waals surface area contributed by atoms with Gasteiger partial charge in [-0.05, 0) is 36.9 Å². The van der Waals surface area contributed by atoms with Gasteiger partial charge in [0.25, 0.3) is 0 Å². The van der Waals surface area contributed by atoms with Gasteiger partial charge in [-0.2, -0.15) is 0 Å². The molecule has 4 heteroatoms. The number of hydrogen-bond donors (Lipinski definition) is 0. The van der Waals surface area contributed by atoms with Crippen LogP contribution >= 0.6 is 11.8 Å². The third kappa shape index (κ3) is 6.18. The number of unbranched alkanes of at least 4 members (excludes halogenated alkanes) is 2. The van der Waals surface area contributed by atoms with Crippen LogP contribution in [0.5, 0.6) is 0 Å². The maximum Gasteiger partial charge on any atom is 0.0258 e. The smallest absolute Gasteiger partial charge is 0.0258 e. The standard InChI is InChI=1S/C14H17N3S/c1-2-13(9-7-4-8-12-16-17-15)18-14-10-5-3-6-11-14/h2-3,5-6,9-11H,1,4,7-8,12H2/b13-9-. The number of thioether (sulfide) groups is 1. The highest BCUT2D eigenvalue weighted by atomic mass is 32.2. The Hall–Kier alpha value is -1.64. The van der Waals surface area contributed by atoms with E-state index in [2.05, 4.69) is 34.8 Å². The number of benzene rings is 1. The van der Waals surface area contributed by atoms with Crippen LogP contribution in [0.15, 0.2) is 64.0 Å². The predicted molar refractivity (Wildman–Crippen MR) is 78.4 cm³/mol. The number of rotatable bonds is 8. The van der Waals surface area contributed by atoms with Crippen LogP contribution in [0.4, 0.5) is 0 Å². The molecule has 0 saturated heterocycles. The Labute approximate surface area is 112 Å². The molecule has 0 saturated carbocycles. The fourth-order valence-corrected chi connectivity index (χ4v) is 2.26. The Morgan fingerprint density at radius 3 is 2.78 bits per heavy atom. The summed E-state index contributed by atoms with van der Waals surface area (Å²) in [5.41, 5.74) is 8.14. The van der Waals surface area contributed by atoms with E-state index in [1.54, 1.807) is 11.8 Å². The number of azide groups is 1. The van der Waals surface area contributed by atoms with Crippen LogP contribution in [0.2, 0.25) is 0 Å². The maximum atomic E-state index is 8.14. The molecule has 0 spiro atoms. The predicted octanol–water partition coefficient (Wildman–Crippen LogP) is 5.33. The lowest BCUT2D eigenvalue weighted by Crippen LogP contribution is -1.80. The van der Waals surface area contributed by atoms with Crippen LogP contribution in [0.25, 0.3) is 10.4 Å². The molecule has 0 heterocycles. The van der Waals surface area contributed by atoms with Gasteiger partial charge in [-0.3, -0.25) is 0 Å². The molecule has 0 aliphatic heterocycles. The van der Waals surface area contributed by atoms with Crippen LogP contribution in [0, 0.1) is 0 Å². The first kappa shape index (κ1) is 14.4. The highest BCUT2D eigenvalue weighted by molar-refractivity contribution is 8.03. The lowest BCUT2D eigenvalue weighted by Gasteiger charge is -2.02. The van der Waals surface area contributed by atoms with Gasteiger partial charge in [0.2, 0.25) is 0 Å². The van der Waals surface area contributed by atoms with E-state index in [1.165, 1.54) is 9.80 Å². The highest BCUT2D eigenvalue weighted by Gasteiger charge is 1.95. The van der Waals surface area contributed by atoms with Crippen LogP contribution in [-0.2, 0) is 0 Å². The molecule has 0 aliphatic carbocycles. The van der Waals surface area contributed by atoms with Gasteiger partial charge in [-0.15, -0.1) is 0 Å². The zero-order valence-corrected chi connectivity index (χ0v) is 11.1. The Bertz CT molecular complexity index is 434. The second-order valence-electron chi connectivity index (χ2n) is 3.68. The van der Waals surface area contributed by atoms with E-state index >= 15 is 0 Å². The Morgan fingerprint density at radius 1 is 1.33 bits per heavy atom. The topological polar surface area (TPSA) is 48.8 Å². The minimum atomic E-state index is 0.583. The zero-order chi connectivity index (χ0) is 13.1. The first-order valence-corrected chi connectivity index (χ1v) is 6.75. The minimum Gasteiger partial charge on any atom is -0.0980 e. The van der Waals surface area contributed by atoms with Gasteiger partial charge in [-0.25, -0.2) is 0 Å². The first-order valence-electron chi connectivity index (χ1n) is 5.93. The van der Waals surface area contributed by atoms with Gasteiger partial charge < -0.3 is 0 Å². The molecule has 1 aromatic rings. The van der Waals surface area contributed by atoms with Crippen LogP contribution < -0.4 is 0 Å². The molecular formula is C14H17N3S. The second kappa shape index (κ2) is 9.40. The van der Waals surface area contributed by atoms with Crippen molar-refractivity contribution in [3.63, 3.8) is 0 Å². The molecule has 0 amide bonds. The van der Waals surface area contributed by atoms with E-state index in [1.807, 2.05) is 24.3 Å². The molecule has 0 aromatic heterocycles. The molecule has 0 atom stereocenters. The third-order valence-electron chi connectivity index (χ3n) is 2.30. The van der Waals surface area contributed by atoms with Crippen molar-refractivity contribution in [2.24, 2.45) is 5.11 Å². The highest BCUT2D eigenvalue weighted by Crippen LogP contribution is 2.27. The molecule has 0 unspecified atom stereocenters. The average Bonchev–Trinajstić information content (AvgIpc) is 2.42. The Morgan fingerprint density at radius 2 is 2.11 bits per heavy atom. The summed E-state index contributed by atoms with van der Waals surface area (Å²) in [6, 6.07) is 10.2. The normalized spacial score (nSPS) is 10.8. The molecular weight excluding hydrogens is 242 g/mol. The maximum absolute atomic E-state index is 8.14. The largest absolute Gasteiger partial charge is 0.0980 e. The Kier molecular flexibility index (Phi) is 7.53. The summed E-state index contributed by atoms with van der Waals surface area (Å²) in [5.74, 6) is 0. The van der Waals surface area contributed by atoms with Gasteiger partial charge in [-0.1, -0.05) is 53.8 Å². The van der Waals surface area contributed by atoms with Crippen molar-refractivity contribution >= 4 is 11.8 Å². The van der Waals surface area contributed by atoms with Crippen molar-refractivity contribution in [3.05, 3.63) is 64.4 Å². The SMILES string of the molecule is C=C/C(=C/CCCCN=[N+]=[N-])Sc1ccccc1. The van der Waals surface area contributed by atoms with Gasteiger partial charge in [0.05, 0.1) is 0 Å². The molecule has 18 heavy (non-hydrogen) atoms. The number of nitrogens with zero attached hydrogens (tertiary/aromatic N) is 3. The molecule has 3 nitrogen and oxygen atoms in total. The van der Waals surface area contributed by atoms with Gasteiger partial charge in [0.15, 0.2) is 0 Å². The lowest BCUT2D eigenvalue weighted by molar-refractivity contribution is 0.755. The van der Waals surface area contributed by atoms with E-state index in [9.17, 15) is 0 Å². The molecule has 0 N–H and O–H groups in total. The summed E-state index contributed by atoms with van der Waals surface area (Å²) < 4.78 is 0. The van der Waals surface area contributed by atoms with Crippen molar-refractivity contribution in [1.82, 2.24) is 0 Å². The van der Waals surface area contributed by atoms with Gasteiger partial charge in [0.1, 0.15) is 0 Å². The first-order chi connectivity index (χ1) is 8.86. The van der Waals surface area contributed by atoms with Gasteiger partial charge in [0, 0.05) is 21.3 Å². The summed E-state index contributed by atoms with van der Waals surface area (Å²) in [4.78, 5) is 5.12. The molecule has 0 aliphatic rings. The quantitative estimate of drug-likeness (QED) is 0.155. The van der Waals surface area contributed by atoms with Crippen molar-refractivity contribution in [3.8, 4) is 0 Å². The van der Waals surface area contributed by atoms with E-state index < -0.39 is 0 Å². The van der Waals surface area contributed by atoms with E-state index in [0.29, 0.717) is 6.54 Å². The third-order valence-corrected chi connectivity index (χ3v) is 3.38. The second-order valence-corrected chi connectivity index (χ2v) is 4.82. The average molecular weight is 259 g/mol. The lowest BCUT2D eigenvalue weighted by atomic mass is 10.2. The summed E-state index contributed by atoms with van der Waals surface area (Å²) in [7, 11) is 0. The fourth-order valence-electron chi connectivity index (χ4n) is 1.41. The summed E-state index contributed by atoms with van der Waals surface area (Å²) in [6.07, 6.45) is 7.01. The van der Waals surface area contributed by atoms with Crippen molar-refractivity contribution < 1.29 is 0 Å². The molecule has 0 bridgehead atoms. The summed E-state index contributed by atoms with van der Waals surface area (Å²) >= 11 is 1.72. The summed E-state index contributed by atoms with van der Waals surface area (Å²) in [6.45, 7) is 4.41. The van der Waals surface area contributed by atoms with E-state index in [0.717, 1.165) is 19.3 Å². The van der Waals surface area contributed by atoms with Crippen molar-refractivity contribution in [2.75, 3.05) is 6.54 Å². The van der Waals surface area contributed by atoms with E-state index in [-0.39, 0.29) is 0 Å². The fraction of sp³-hybridized carbons (Fsp3) is 0.286. The van der Waals surface area contributed by atoms with E-state index in [4.69, 9.17) is 5.53 Å². The Balaban J connectivity index is 2.36. The molecule has 0 fully saturated rings. The zero-order valence-electron chi connectivity index (χ0n) is 10.3. The molecule has 1 aromatic carbocycles. The van der Waals surface area contributed by atoms with Crippen LogP contribution in [0.3, 0.4) is 0 Å². The number of allylic oxidation sites excluding steroid dienone is 2.